The molecule has 10 heteroatoms. The van der Waals surface area contributed by atoms with Crippen LogP contribution < -0.4 is 31.3 Å². The molecular formula is C30H32FN5O3S. The van der Waals surface area contributed by atoms with Gasteiger partial charge in [0.1, 0.15) is 29.2 Å². The second-order valence-corrected chi connectivity index (χ2v) is 10.5. The van der Waals surface area contributed by atoms with E-state index in [0.29, 0.717) is 30.0 Å². The molecule has 5 rings (SSSR count). The van der Waals surface area contributed by atoms with Crippen molar-refractivity contribution in [2.75, 3.05) is 22.5 Å². The topological polar surface area (TPSA) is 89.3 Å². The first kappa shape index (κ1) is 27.4. The van der Waals surface area contributed by atoms with Gasteiger partial charge in [-0.1, -0.05) is 43.7 Å². The Morgan fingerprint density at radius 1 is 0.975 bits per heavy atom. The van der Waals surface area contributed by atoms with Crippen molar-refractivity contribution in [2.24, 2.45) is 0 Å². The molecule has 0 saturated heterocycles. The van der Waals surface area contributed by atoms with Gasteiger partial charge in [-0.15, -0.1) is 0 Å². The number of methoxy groups -OCH3 is 1. The highest BCUT2D eigenvalue weighted by Gasteiger charge is 2.28. The van der Waals surface area contributed by atoms with Crippen LogP contribution in [0.15, 0.2) is 87.3 Å². The normalized spacial score (nSPS) is 13.8. The Kier molecular flexibility index (Phi) is 8.45. The van der Waals surface area contributed by atoms with E-state index in [1.165, 1.54) is 18.0 Å². The van der Waals surface area contributed by atoms with Gasteiger partial charge in [0, 0.05) is 29.1 Å². The van der Waals surface area contributed by atoms with Crippen LogP contribution in [0.25, 0.3) is 0 Å². The van der Waals surface area contributed by atoms with Crippen molar-refractivity contribution in [1.82, 2.24) is 9.13 Å². The van der Waals surface area contributed by atoms with Gasteiger partial charge in [0.05, 0.1) is 13.7 Å². The van der Waals surface area contributed by atoms with Crippen LogP contribution in [-0.4, -0.2) is 22.4 Å². The average molecular weight is 562 g/mol. The molecular weight excluding hydrogens is 529 g/mol. The molecule has 0 amide bonds. The lowest BCUT2D eigenvalue weighted by atomic mass is 10.1. The van der Waals surface area contributed by atoms with Crippen molar-refractivity contribution in [2.45, 2.75) is 50.3 Å². The van der Waals surface area contributed by atoms with Gasteiger partial charge in [0.25, 0.3) is 5.56 Å². The summed E-state index contributed by atoms with van der Waals surface area (Å²) in [6.45, 7) is 2.38. The highest BCUT2D eigenvalue weighted by atomic mass is 32.2. The molecule has 208 valence electrons. The van der Waals surface area contributed by atoms with Crippen molar-refractivity contribution in [3.63, 3.8) is 0 Å². The predicted molar refractivity (Wildman–Crippen MR) is 159 cm³/mol. The highest BCUT2D eigenvalue weighted by Crippen LogP contribution is 2.27. The Morgan fingerprint density at radius 3 is 2.42 bits per heavy atom. The van der Waals surface area contributed by atoms with Gasteiger partial charge in [-0.2, -0.15) is 0 Å². The number of benzene rings is 3. The SMILES string of the molecule is CCCCn1c2c(c(=O)n(Cc3ccccc3F)c1=O)NC(Cc1ccc(NSc3ccc(OC)cc3)cc1)N2. The summed E-state index contributed by atoms with van der Waals surface area (Å²) in [6, 6.07) is 22.1. The molecule has 3 N–H and O–H groups in total. The minimum Gasteiger partial charge on any atom is -0.497 e. The summed E-state index contributed by atoms with van der Waals surface area (Å²) in [5.74, 6) is 0.863. The fourth-order valence-electron chi connectivity index (χ4n) is 4.62. The molecule has 40 heavy (non-hydrogen) atoms. The first-order chi connectivity index (χ1) is 19.5. The molecule has 1 atom stereocenters. The second-order valence-electron chi connectivity index (χ2n) is 9.62. The fraction of sp³-hybridized carbons (Fsp3) is 0.267. The fourth-order valence-corrected chi connectivity index (χ4v) is 5.27. The van der Waals surface area contributed by atoms with Gasteiger partial charge in [0.2, 0.25) is 0 Å². The Morgan fingerprint density at radius 2 is 1.73 bits per heavy atom. The molecule has 8 nitrogen and oxygen atoms in total. The van der Waals surface area contributed by atoms with Crippen LogP contribution in [0, 0.1) is 5.82 Å². The number of halogens is 1. The molecule has 0 radical (unpaired) electrons. The van der Waals surface area contributed by atoms with E-state index >= 15 is 0 Å². The molecule has 0 aliphatic carbocycles. The molecule has 0 bridgehead atoms. The lowest BCUT2D eigenvalue weighted by molar-refractivity contribution is 0.414. The lowest BCUT2D eigenvalue weighted by Crippen LogP contribution is -2.41. The van der Waals surface area contributed by atoms with E-state index in [-0.39, 0.29) is 12.7 Å². The van der Waals surface area contributed by atoms with Gasteiger partial charge in [-0.3, -0.25) is 13.9 Å². The molecule has 0 fully saturated rings. The van der Waals surface area contributed by atoms with Crippen LogP contribution in [0.4, 0.5) is 21.6 Å². The van der Waals surface area contributed by atoms with E-state index in [1.807, 2.05) is 55.5 Å². The Labute approximate surface area is 236 Å². The van der Waals surface area contributed by atoms with E-state index in [4.69, 9.17) is 4.74 Å². The van der Waals surface area contributed by atoms with Crippen LogP contribution in [-0.2, 0) is 19.5 Å². The average Bonchev–Trinajstić information content (AvgIpc) is 3.39. The molecule has 0 spiro atoms. The molecule has 0 saturated carbocycles. The maximum Gasteiger partial charge on any atom is 0.332 e. The van der Waals surface area contributed by atoms with Crippen LogP contribution in [0.5, 0.6) is 5.75 Å². The molecule has 1 unspecified atom stereocenters. The van der Waals surface area contributed by atoms with Crippen molar-refractivity contribution in [3.05, 3.63) is 111 Å². The summed E-state index contributed by atoms with van der Waals surface area (Å²) in [7, 11) is 1.65. The summed E-state index contributed by atoms with van der Waals surface area (Å²) in [6.07, 6.45) is 1.99. The summed E-state index contributed by atoms with van der Waals surface area (Å²) in [5.41, 5.74) is 1.76. The number of hydrogen-bond donors (Lipinski definition) is 3. The number of unbranched alkanes of at least 4 members (excludes halogenated alkanes) is 1. The maximum atomic E-state index is 14.3. The van der Waals surface area contributed by atoms with Gasteiger partial charge in [-0.05, 0) is 66.4 Å². The molecule has 2 heterocycles. The zero-order valence-corrected chi connectivity index (χ0v) is 23.3. The third kappa shape index (κ3) is 6.02. The van der Waals surface area contributed by atoms with E-state index in [0.717, 1.165) is 39.3 Å². The van der Waals surface area contributed by atoms with Crippen molar-refractivity contribution < 1.29 is 9.13 Å². The number of ether oxygens (including phenoxy) is 1. The highest BCUT2D eigenvalue weighted by molar-refractivity contribution is 8.00. The summed E-state index contributed by atoms with van der Waals surface area (Å²) in [5, 5.41) is 6.63. The number of hydrogen-bond acceptors (Lipinski definition) is 7. The summed E-state index contributed by atoms with van der Waals surface area (Å²) >= 11 is 1.51. The zero-order valence-electron chi connectivity index (χ0n) is 22.4. The van der Waals surface area contributed by atoms with Crippen LogP contribution in [0.3, 0.4) is 0 Å². The van der Waals surface area contributed by atoms with Gasteiger partial charge in [0.15, 0.2) is 0 Å². The molecule has 3 aromatic carbocycles. The van der Waals surface area contributed by atoms with E-state index < -0.39 is 17.1 Å². The lowest BCUT2D eigenvalue weighted by Gasteiger charge is -2.15. The van der Waals surface area contributed by atoms with E-state index in [1.54, 1.807) is 29.9 Å². The third-order valence-electron chi connectivity index (χ3n) is 6.82. The smallest absolute Gasteiger partial charge is 0.332 e. The number of nitrogens with zero attached hydrogens (tertiary/aromatic N) is 2. The van der Waals surface area contributed by atoms with E-state index in [2.05, 4.69) is 15.4 Å². The molecule has 1 aliphatic heterocycles. The first-order valence-corrected chi connectivity index (χ1v) is 14.1. The second kappa shape index (κ2) is 12.3. The summed E-state index contributed by atoms with van der Waals surface area (Å²) < 4.78 is 25.6. The number of rotatable bonds is 11. The standard InChI is InChI=1S/C30H32FN5O3S/c1-3-4-17-35-28-27(29(37)36(30(35)38)19-21-7-5-6-8-25(21)31)32-26(33-28)18-20-9-11-22(12-10-20)34-40-24-15-13-23(39-2)14-16-24/h5-16,26,32-34H,3-4,17-19H2,1-2H3. The number of anilines is 3. The Bertz CT molecular complexity index is 1590. The minimum atomic E-state index is -0.457. The van der Waals surface area contributed by atoms with Crippen LogP contribution in [0.1, 0.15) is 30.9 Å². The monoisotopic (exact) mass is 561 g/mol. The predicted octanol–water partition coefficient (Wildman–Crippen LogP) is 5.53. The van der Waals surface area contributed by atoms with Gasteiger partial charge in [-0.25, -0.2) is 9.18 Å². The molecule has 4 aromatic rings. The number of fused-ring (bicyclic) bond motifs is 1. The van der Waals surface area contributed by atoms with Crippen LogP contribution in [0.2, 0.25) is 0 Å². The molecule has 1 aliphatic rings. The van der Waals surface area contributed by atoms with Crippen molar-refractivity contribution >= 4 is 29.1 Å². The number of nitrogens with one attached hydrogen (secondary N) is 3. The Balaban J connectivity index is 1.30. The minimum absolute atomic E-state index is 0.126. The third-order valence-corrected chi connectivity index (χ3v) is 7.66. The molecule has 1 aromatic heterocycles. The number of aromatic nitrogens is 2. The first-order valence-electron chi connectivity index (χ1n) is 13.3. The quantitative estimate of drug-likeness (QED) is 0.208. The van der Waals surface area contributed by atoms with Gasteiger partial charge >= 0.3 is 5.69 Å². The van der Waals surface area contributed by atoms with Gasteiger partial charge < -0.3 is 20.1 Å². The summed E-state index contributed by atoms with van der Waals surface area (Å²) in [4.78, 5) is 27.9. The van der Waals surface area contributed by atoms with Crippen LogP contribution >= 0.6 is 11.9 Å². The largest absolute Gasteiger partial charge is 0.497 e. The maximum absolute atomic E-state index is 14.3. The Hall–Kier alpha value is -4.18. The van der Waals surface area contributed by atoms with Crippen molar-refractivity contribution in [3.8, 4) is 5.75 Å². The van der Waals surface area contributed by atoms with Crippen molar-refractivity contribution in [1.29, 1.82) is 0 Å². The van der Waals surface area contributed by atoms with E-state index in [9.17, 15) is 14.0 Å². The zero-order chi connectivity index (χ0) is 28.1.